The Labute approximate surface area is 137 Å². The summed E-state index contributed by atoms with van der Waals surface area (Å²) in [6, 6.07) is 5.95. The van der Waals surface area contributed by atoms with Crippen molar-refractivity contribution < 1.29 is 14.7 Å². The summed E-state index contributed by atoms with van der Waals surface area (Å²) in [6.07, 6.45) is 2.87. The van der Waals surface area contributed by atoms with Crippen molar-refractivity contribution in [3.63, 3.8) is 0 Å². The predicted molar refractivity (Wildman–Crippen MR) is 86.5 cm³/mol. The first kappa shape index (κ1) is 16.0. The van der Waals surface area contributed by atoms with Crippen LogP contribution >= 0.6 is 0 Å². The van der Waals surface area contributed by atoms with Crippen LogP contribution in [0.2, 0.25) is 0 Å². The minimum absolute atomic E-state index is 0.118. The van der Waals surface area contributed by atoms with E-state index >= 15 is 0 Å². The van der Waals surface area contributed by atoms with Gasteiger partial charge in [0.2, 0.25) is 5.91 Å². The lowest BCUT2D eigenvalue weighted by molar-refractivity contribution is -0.117. The summed E-state index contributed by atoms with van der Waals surface area (Å²) in [4.78, 5) is 47.5. The molecule has 0 spiro atoms. The van der Waals surface area contributed by atoms with Crippen LogP contribution in [-0.2, 0) is 4.79 Å². The molecule has 0 saturated heterocycles. The molecule has 0 atom stereocenters. The zero-order valence-corrected chi connectivity index (χ0v) is 13.1. The normalized spacial score (nSPS) is 16.2. The van der Waals surface area contributed by atoms with Crippen LogP contribution in [0.15, 0.2) is 33.9 Å². The number of carboxylic acids is 1. The molecule has 1 aliphatic rings. The van der Waals surface area contributed by atoms with Gasteiger partial charge >= 0.3 is 17.1 Å². The SMILES string of the molecule is CC(=O)N(c1ccc(C(=O)O)cc1)C1(Nn2c(=O)c2=O)CCCC1. The van der Waals surface area contributed by atoms with Crippen molar-refractivity contribution in [1.82, 2.24) is 4.68 Å². The maximum absolute atomic E-state index is 12.3. The molecule has 24 heavy (non-hydrogen) atoms. The fourth-order valence-corrected chi connectivity index (χ4v) is 3.27. The van der Waals surface area contributed by atoms with Gasteiger partial charge in [-0.2, -0.15) is 4.68 Å². The zero-order chi connectivity index (χ0) is 17.5. The highest BCUT2D eigenvalue weighted by Gasteiger charge is 2.44. The van der Waals surface area contributed by atoms with E-state index in [1.54, 1.807) is 12.1 Å². The third-order valence-electron chi connectivity index (χ3n) is 4.41. The number of carbonyl (C=O) groups excluding carboxylic acids is 1. The smallest absolute Gasteiger partial charge is 0.340 e. The number of nitrogens with one attached hydrogen (secondary N) is 1. The number of benzene rings is 1. The van der Waals surface area contributed by atoms with Crippen molar-refractivity contribution in [2.24, 2.45) is 0 Å². The summed E-state index contributed by atoms with van der Waals surface area (Å²) in [6.45, 7) is 1.40. The van der Waals surface area contributed by atoms with E-state index in [1.807, 2.05) is 0 Å². The quantitative estimate of drug-likeness (QED) is 0.615. The second-order valence-electron chi connectivity index (χ2n) is 6.00. The summed E-state index contributed by atoms with van der Waals surface area (Å²) >= 11 is 0. The van der Waals surface area contributed by atoms with Gasteiger partial charge in [-0.05, 0) is 49.9 Å². The topological polar surface area (TPSA) is 109 Å². The molecule has 8 nitrogen and oxygen atoms in total. The number of hydrogen-bond acceptors (Lipinski definition) is 5. The van der Waals surface area contributed by atoms with Crippen LogP contribution in [0.5, 0.6) is 0 Å². The third-order valence-corrected chi connectivity index (χ3v) is 4.41. The van der Waals surface area contributed by atoms with Crippen molar-refractivity contribution in [1.29, 1.82) is 0 Å². The highest BCUT2D eigenvalue weighted by Crippen LogP contribution is 2.37. The Bertz CT molecular complexity index is 829. The highest BCUT2D eigenvalue weighted by atomic mass is 16.4. The van der Waals surface area contributed by atoms with Gasteiger partial charge in [0, 0.05) is 12.6 Å². The van der Waals surface area contributed by atoms with Crippen LogP contribution < -0.4 is 21.4 Å². The van der Waals surface area contributed by atoms with E-state index in [0.717, 1.165) is 17.5 Å². The number of carbonyl (C=O) groups is 2. The van der Waals surface area contributed by atoms with E-state index < -0.39 is 22.8 Å². The lowest BCUT2D eigenvalue weighted by Crippen LogP contribution is -2.57. The van der Waals surface area contributed by atoms with Crippen LogP contribution in [0, 0.1) is 0 Å². The number of aromatic nitrogens is 1. The van der Waals surface area contributed by atoms with Gasteiger partial charge in [-0.3, -0.25) is 24.7 Å². The molecule has 1 saturated carbocycles. The third kappa shape index (κ3) is 2.60. The summed E-state index contributed by atoms with van der Waals surface area (Å²) < 4.78 is 0.923. The Balaban J connectivity index is 1.99. The molecule has 0 radical (unpaired) electrons. The number of anilines is 1. The summed E-state index contributed by atoms with van der Waals surface area (Å²) in [5.41, 5.74) is 1.44. The minimum Gasteiger partial charge on any atom is -0.478 e. The molecule has 2 aromatic rings. The monoisotopic (exact) mass is 331 g/mol. The maximum atomic E-state index is 12.3. The molecule has 1 aromatic carbocycles. The van der Waals surface area contributed by atoms with E-state index in [2.05, 4.69) is 5.43 Å². The van der Waals surface area contributed by atoms with Crippen LogP contribution in [-0.4, -0.2) is 27.3 Å². The van der Waals surface area contributed by atoms with Crippen molar-refractivity contribution in [3.05, 3.63) is 50.5 Å². The molecule has 1 amide bonds. The van der Waals surface area contributed by atoms with Crippen molar-refractivity contribution >= 4 is 17.6 Å². The summed E-state index contributed by atoms with van der Waals surface area (Å²) in [5.74, 6) is -1.31. The predicted octanol–water partition coefficient (Wildman–Crippen LogP) is 0.649. The second-order valence-corrected chi connectivity index (χ2v) is 6.00. The van der Waals surface area contributed by atoms with Gasteiger partial charge in [-0.1, -0.05) is 0 Å². The van der Waals surface area contributed by atoms with Crippen molar-refractivity contribution in [2.75, 3.05) is 10.3 Å². The lowest BCUT2D eigenvalue weighted by Gasteiger charge is -2.41. The molecule has 0 unspecified atom stereocenters. The van der Waals surface area contributed by atoms with Crippen molar-refractivity contribution in [3.8, 4) is 0 Å². The molecule has 126 valence electrons. The van der Waals surface area contributed by atoms with E-state index in [0.29, 0.717) is 18.5 Å². The van der Waals surface area contributed by atoms with Gasteiger partial charge in [0.25, 0.3) is 0 Å². The highest BCUT2D eigenvalue weighted by molar-refractivity contribution is 5.94. The first-order valence-electron chi connectivity index (χ1n) is 7.66. The molecule has 1 fully saturated rings. The lowest BCUT2D eigenvalue weighted by atomic mass is 10.0. The van der Waals surface area contributed by atoms with E-state index in [9.17, 15) is 19.2 Å². The minimum atomic E-state index is -1.05. The van der Waals surface area contributed by atoms with E-state index in [1.165, 1.54) is 24.0 Å². The Hall–Kier alpha value is -2.90. The number of rotatable bonds is 5. The number of amides is 1. The molecule has 1 aliphatic carbocycles. The zero-order valence-electron chi connectivity index (χ0n) is 13.1. The molecule has 8 heteroatoms. The fraction of sp³-hybridized carbons (Fsp3) is 0.375. The summed E-state index contributed by atoms with van der Waals surface area (Å²) in [7, 11) is 0. The molecule has 0 aliphatic heterocycles. The molecule has 3 rings (SSSR count). The molecular weight excluding hydrogens is 314 g/mol. The van der Waals surface area contributed by atoms with Gasteiger partial charge in [0.15, 0.2) is 0 Å². The van der Waals surface area contributed by atoms with Gasteiger partial charge in [-0.25, -0.2) is 4.79 Å². The van der Waals surface area contributed by atoms with E-state index in [4.69, 9.17) is 5.11 Å². The first-order chi connectivity index (χ1) is 11.4. The number of carboxylic acid groups (broad SMARTS) is 1. The van der Waals surface area contributed by atoms with Crippen molar-refractivity contribution in [2.45, 2.75) is 38.3 Å². The van der Waals surface area contributed by atoms with Gasteiger partial charge in [0.05, 0.1) is 5.56 Å². The largest absolute Gasteiger partial charge is 0.478 e. The second kappa shape index (κ2) is 5.63. The number of nitrogens with zero attached hydrogens (tertiary/aromatic N) is 2. The van der Waals surface area contributed by atoms with Crippen LogP contribution in [0.25, 0.3) is 0 Å². The van der Waals surface area contributed by atoms with Crippen LogP contribution in [0.1, 0.15) is 43.0 Å². The maximum Gasteiger partial charge on any atom is 0.340 e. The molecular formula is C16H17N3O5. The molecule has 1 heterocycles. The number of hydrogen-bond donors (Lipinski definition) is 2. The number of aromatic carboxylic acids is 1. The van der Waals surface area contributed by atoms with Gasteiger partial charge in [0.1, 0.15) is 5.66 Å². The molecule has 0 bridgehead atoms. The van der Waals surface area contributed by atoms with Gasteiger partial charge in [-0.15, -0.1) is 0 Å². The van der Waals surface area contributed by atoms with Crippen LogP contribution in [0.4, 0.5) is 5.69 Å². The average Bonchev–Trinajstić information content (AvgIpc) is 2.91. The molecule has 1 aromatic heterocycles. The summed E-state index contributed by atoms with van der Waals surface area (Å²) in [5, 5.41) is 9.00. The van der Waals surface area contributed by atoms with Gasteiger partial charge < -0.3 is 5.11 Å². The first-order valence-corrected chi connectivity index (χ1v) is 7.66. The average molecular weight is 331 g/mol. The Kier molecular flexibility index (Phi) is 3.75. The Morgan fingerprint density at radius 2 is 1.67 bits per heavy atom. The standard InChI is InChI=1S/C16H17N3O5/c1-10(20)18(12-6-4-11(5-7-12)15(23)24)16(8-2-3-9-16)17-19-13(21)14(19)22/h4-7,17H,2-3,8-9H2,1H3,(H,23,24). The van der Waals surface area contributed by atoms with Crippen LogP contribution in [0.3, 0.4) is 0 Å². The fourth-order valence-electron chi connectivity index (χ4n) is 3.27. The molecule has 2 N–H and O–H groups in total. The Morgan fingerprint density at radius 3 is 2.08 bits per heavy atom. The Morgan fingerprint density at radius 1 is 1.12 bits per heavy atom. The van der Waals surface area contributed by atoms with E-state index in [-0.39, 0.29) is 11.5 Å².